The van der Waals surface area contributed by atoms with E-state index in [4.69, 9.17) is 14.7 Å². The van der Waals surface area contributed by atoms with E-state index in [2.05, 4.69) is 0 Å². The molecule has 0 spiro atoms. The van der Waals surface area contributed by atoms with Crippen molar-refractivity contribution in [2.45, 2.75) is 12.5 Å². The van der Waals surface area contributed by atoms with Crippen LogP contribution < -0.4 is 0 Å². The molecule has 1 aliphatic heterocycles. The zero-order chi connectivity index (χ0) is 11.6. The van der Waals surface area contributed by atoms with Gasteiger partial charge in [-0.1, -0.05) is 6.07 Å². The number of hydrogen-bond acceptors (Lipinski definition) is 4. The van der Waals surface area contributed by atoms with Crippen LogP contribution in [0.25, 0.3) is 0 Å². The van der Waals surface area contributed by atoms with Gasteiger partial charge in [-0.3, -0.25) is 0 Å². The maximum atomic E-state index is 11.7. The first-order valence-corrected chi connectivity index (χ1v) is 4.94. The van der Waals surface area contributed by atoms with Gasteiger partial charge in [0.2, 0.25) is 0 Å². The Morgan fingerprint density at radius 2 is 2.31 bits per heavy atom. The summed E-state index contributed by atoms with van der Waals surface area (Å²) in [5.41, 5.74) is 0.330. The highest BCUT2D eigenvalue weighted by Gasteiger charge is 2.37. The molecule has 1 heterocycles. The Bertz CT molecular complexity index is 458. The molecule has 0 N–H and O–H groups in total. The highest BCUT2D eigenvalue weighted by atomic mass is 16.6. The van der Waals surface area contributed by atoms with Crippen LogP contribution in [0, 0.1) is 11.3 Å². The molecule has 4 heteroatoms. The van der Waals surface area contributed by atoms with Gasteiger partial charge in [0.1, 0.15) is 0 Å². The maximum Gasteiger partial charge on any atom is 0.338 e. The van der Waals surface area contributed by atoms with Crippen molar-refractivity contribution in [3.05, 3.63) is 35.4 Å². The van der Waals surface area contributed by atoms with Crippen LogP contribution in [-0.4, -0.2) is 24.8 Å². The lowest BCUT2D eigenvalue weighted by Crippen LogP contribution is -2.50. The second-order valence-corrected chi connectivity index (χ2v) is 4.02. The van der Waals surface area contributed by atoms with Crippen molar-refractivity contribution in [1.29, 1.82) is 5.26 Å². The fourth-order valence-corrected chi connectivity index (χ4v) is 1.45. The third kappa shape index (κ3) is 2.05. The minimum absolute atomic E-state index is 0.396. The van der Waals surface area contributed by atoms with E-state index in [9.17, 15) is 4.79 Å². The van der Waals surface area contributed by atoms with Gasteiger partial charge in [0.25, 0.3) is 0 Å². The van der Waals surface area contributed by atoms with Gasteiger partial charge in [-0.15, -0.1) is 0 Å². The summed E-state index contributed by atoms with van der Waals surface area (Å²) in [6.07, 6.45) is 0. The van der Waals surface area contributed by atoms with Crippen molar-refractivity contribution in [3.63, 3.8) is 0 Å². The molecule has 0 radical (unpaired) electrons. The molecule has 4 nitrogen and oxygen atoms in total. The van der Waals surface area contributed by atoms with Crippen molar-refractivity contribution in [3.8, 4) is 6.07 Å². The summed E-state index contributed by atoms with van der Waals surface area (Å²) >= 11 is 0. The van der Waals surface area contributed by atoms with E-state index in [1.807, 2.05) is 13.0 Å². The Morgan fingerprint density at radius 3 is 2.88 bits per heavy atom. The molecule has 0 bridgehead atoms. The fraction of sp³-hybridized carbons (Fsp3) is 0.333. The van der Waals surface area contributed by atoms with Crippen molar-refractivity contribution >= 4 is 5.97 Å². The zero-order valence-corrected chi connectivity index (χ0v) is 8.90. The van der Waals surface area contributed by atoms with Crippen LogP contribution in [-0.2, 0) is 9.47 Å². The maximum absolute atomic E-state index is 11.7. The Hall–Kier alpha value is -1.86. The largest absolute Gasteiger partial charge is 0.451 e. The number of esters is 1. The van der Waals surface area contributed by atoms with E-state index in [1.54, 1.807) is 18.2 Å². The van der Waals surface area contributed by atoms with Gasteiger partial charge >= 0.3 is 5.97 Å². The normalized spacial score (nSPS) is 17.0. The molecule has 2 rings (SSSR count). The van der Waals surface area contributed by atoms with Gasteiger partial charge in [-0.05, 0) is 25.1 Å². The number of carbonyl (C=O) groups excluding carboxylic acids is 1. The SMILES string of the molecule is CC1(OC(=O)c2cccc(C#N)c2)COC1. The molecule has 0 unspecified atom stereocenters. The number of nitrogens with zero attached hydrogens (tertiary/aromatic N) is 1. The summed E-state index contributed by atoms with van der Waals surface area (Å²) in [4.78, 5) is 11.7. The summed E-state index contributed by atoms with van der Waals surface area (Å²) < 4.78 is 10.3. The summed E-state index contributed by atoms with van der Waals surface area (Å²) in [6, 6.07) is 8.44. The number of nitriles is 1. The van der Waals surface area contributed by atoms with Crippen molar-refractivity contribution < 1.29 is 14.3 Å². The zero-order valence-electron chi connectivity index (χ0n) is 8.90. The molecule has 0 saturated carbocycles. The molecular formula is C12H11NO3. The van der Waals surface area contributed by atoms with E-state index >= 15 is 0 Å². The van der Waals surface area contributed by atoms with Crippen LogP contribution in [0.15, 0.2) is 24.3 Å². The third-order valence-corrected chi connectivity index (χ3v) is 2.38. The molecule has 0 aliphatic carbocycles. The Kier molecular flexibility index (Phi) is 2.63. The van der Waals surface area contributed by atoms with Crippen LogP contribution in [0.5, 0.6) is 0 Å². The number of carbonyl (C=O) groups is 1. The molecule has 1 aromatic rings. The van der Waals surface area contributed by atoms with E-state index in [-0.39, 0.29) is 0 Å². The van der Waals surface area contributed by atoms with Gasteiger partial charge in [-0.25, -0.2) is 4.79 Å². The lowest BCUT2D eigenvalue weighted by molar-refractivity contribution is -0.169. The van der Waals surface area contributed by atoms with E-state index in [1.165, 1.54) is 6.07 Å². The predicted molar refractivity (Wildman–Crippen MR) is 55.8 cm³/mol. The predicted octanol–water partition coefficient (Wildman–Crippen LogP) is 1.50. The van der Waals surface area contributed by atoms with Crippen LogP contribution in [0.1, 0.15) is 22.8 Å². The molecule has 1 fully saturated rings. The minimum Gasteiger partial charge on any atom is -0.451 e. The third-order valence-electron chi connectivity index (χ3n) is 2.38. The summed E-state index contributed by atoms with van der Waals surface area (Å²) in [6.45, 7) is 2.68. The molecule has 1 aromatic carbocycles. The van der Waals surface area contributed by atoms with Crippen molar-refractivity contribution in [1.82, 2.24) is 0 Å². The van der Waals surface area contributed by atoms with Gasteiger partial charge in [-0.2, -0.15) is 5.26 Å². The molecule has 16 heavy (non-hydrogen) atoms. The van der Waals surface area contributed by atoms with Gasteiger partial charge in [0.15, 0.2) is 5.60 Å². The van der Waals surface area contributed by atoms with Crippen molar-refractivity contribution in [2.24, 2.45) is 0 Å². The summed E-state index contributed by atoms with van der Waals surface area (Å²) in [7, 11) is 0. The van der Waals surface area contributed by atoms with Crippen LogP contribution in [0.3, 0.4) is 0 Å². The molecule has 0 aromatic heterocycles. The van der Waals surface area contributed by atoms with Gasteiger partial charge in [0, 0.05) is 0 Å². The Balaban J connectivity index is 2.12. The first kappa shape index (κ1) is 10.7. The molecule has 82 valence electrons. The smallest absolute Gasteiger partial charge is 0.338 e. The van der Waals surface area contributed by atoms with E-state index in [0.29, 0.717) is 24.3 Å². The first-order chi connectivity index (χ1) is 7.63. The first-order valence-electron chi connectivity index (χ1n) is 4.94. The van der Waals surface area contributed by atoms with Gasteiger partial charge in [0.05, 0.1) is 30.4 Å². The number of ether oxygens (including phenoxy) is 2. The van der Waals surface area contributed by atoms with Crippen LogP contribution in [0.4, 0.5) is 0 Å². The molecule has 1 saturated heterocycles. The minimum atomic E-state index is -0.514. The fourth-order valence-electron chi connectivity index (χ4n) is 1.45. The lowest BCUT2D eigenvalue weighted by Gasteiger charge is -2.37. The lowest BCUT2D eigenvalue weighted by atomic mass is 10.1. The second kappa shape index (κ2) is 3.95. The molecule has 0 atom stereocenters. The average Bonchev–Trinajstić information content (AvgIpc) is 2.27. The Labute approximate surface area is 93.4 Å². The second-order valence-electron chi connectivity index (χ2n) is 4.02. The standard InChI is InChI=1S/C12H11NO3/c1-12(7-15-8-12)16-11(14)10-4-2-3-9(5-10)6-13/h2-5H,7-8H2,1H3. The van der Waals surface area contributed by atoms with Crippen molar-refractivity contribution in [2.75, 3.05) is 13.2 Å². The Morgan fingerprint density at radius 1 is 1.56 bits per heavy atom. The van der Waals surface area contributed by atoms with Gasteiger partial charge < -0.3 is 9.47 Å². The van der Waals surface area contributed by atoms with Crippen LogP contribution >= 0.6 is 0 Å². The van der Waals surface area contributed by atoms with Crippen LogP contribution in [0.2, 0.25) is 0 Å². The quantitative estimate of drug-likeness (QED) is 0.704. The number of benzene rings is 1. The molecule has 1 aliphatic rings. The molecule has 0 amide bonds. The van der Waals surface area contributed by atoms with E-state index < -0.39 is 11.6 Å². The van der Waals surface area contributed by atoms with E-state index in [0.717, 1.165) is 0 Å². The summed E-state index contributed by atoms with van der Waals surface area (Å²) in [5, 5.41) is 8.71. The number of rotatable bonds is 2. The monoisotopic (exact) mass is 217 g/mol. The topological polar surface area (TPSA) is 59.3 Å². The number of hydrogen-bond donors (Lipinski definition) is 0. The summed E-state index contributed by atoms with van der Waals surface area (Å²) in [5.74, 6) is -0.414. The highest BCUT2D eigenvalue weighted by molar-refractivity contribution is 5.90. The molecular weight excluding hydrogens is 206 g/mol. The average molecular weight is 217 g/mol. The highest BCUT2D eigenvalue weighted by Crippen LogP contribution is 2.22.